The van der Waals surface area contributed by atoms with E-state index in [1.54, 1.807) is 6.20 Å². The summed E-state index contributed by atoms with van der Waals surface area (Å²) in [5.74, 6) is 1.12. The predicted molar refractivity (Wildman–Crippen MR) is 82.8 cm³/mol. The van der Waals surface area contributed by atoms with Crippen molar-refractivity contribution in [3.05, 3.63) is 54.5 Å². The number of fused-ring (bicyclic) bond motifs is 1. The van der Waals surface area contributed by atoms with Gasteiger partial charge < -0.3 is 4.57 Å². The first-order valence-electron chi connectivity index (χ1n) is 7.44. The van der Waals surface area contributed by atoms with Gasteiger partial charge in [0.25, 0.3) is 0 Å². The molecule has 1 aliphatic rings. The number of hydrogen-bond donors (Lipinski definition) is 0. The van der Waals surface area contributed by atoms with Crippen molar-refractivity contribution < 1.29 is 0 Å². The Kier molecular flexibility index (Phi) is 3.23. The number of imidazole rings is 1. The molecule has 112 valence electrons. The summed E-state index contributed by atoms with van der Waals surface area (Å²) in [4.78, 5) is 11.2. The number of rotatable bonds is 3. The quantitative estimate of drug-likeness (QED) is 0.738. The van der Waals surface area contributed by atoms with E-state index < -0.39 is 0 Å². The second kappa shape index (κ2) is 5.38. The smallest absolute Gasteiger partial charge is 0.123 e. The van der Waals surface area contributed by atoms with E-state index in [1.165, 1.54) is 5.56 Å². The molecule has 0 spiro atoms. The molecule has 4 heterocycles. The van der Waals surface area contributed by atoms with Gasteiger partial charge in [-0.15, -0.1) is 0 Å². The molecule has 0 amide bonds. The first-order valence-corrected chi connectivity index (χ1v) is 7.44. The summed E-state index contributed by atoms with van der Waals surface area (Å²) in [5.41, 5.74) is 3.53. The average Bonchev–Trinajstić information content (AvgIpc) is 3.14. The Morgan fingerprint density at radius 2 is 2.14 bits per heavy atom. The number of aromatic nitrogens is 5. The van der Waals surface area contributed by atoms with Crippen molar-refractivity contribution in [3.8, 4) is 11.3 Å². The first kappa shape index (κ1) is 13.2. The van der Waals surface area contributed by atoms with Crippen LogP contribution in [0, 0.1) is 0 Å². The van der Waals surface area contributed by atoms with Crippen LogP contribution in [-0.4, -0.2) is 35.8 Å². The molecule has 0 N–H and O–H groups in total. The molecule has 0 saturated heterocycles. The third-order valence-corrected chi connectivity index (χ3v) is 4.06. The highest BCUT2D eigenvalue weighted by molar-refractivity contribution is 5.58. The fourth-order valence-corrected chi connectivity index (χ4v) is 3.00. The highest BCUT2D eigenvalue weighted by Crippen LogP contribution is 2.23. The molecule has 0 unspecified atom stereocenters. The van der Waals surface area contributed by atoms with Gasteiger partial charge in [0.15, 0.2) is 0 Å². The number of aryl methyl sites for hydroxylation is 1. The SMILES string of the molecule is Cn1cc(CN2CCn3c(-c4cccnc4)cnc3C2)cn1. The van der Waals surface area contributed by atoms with Crippen LogP contribution in [0.4, 0.5) is 0 Å². The molecular formula is C16H18N6. The van der Waals surface area contributed by atoms with Gasteiger partial charge in [-0.25, -0.2) is 4.98 Å². The lowest BCUT2D eigenvalue weighted by Crippen LogP contribution is -2.33. The van der Waals surface area contributed by atoms with Crippen LogP contribution in [0.3, 0.4) is 0 Å². The topological polar surface area (TPSA) is 51.8 Å². The highest BCUT2D eigenvalue weighted by atomic mass is 15.3. The van der Waals surface area contributed by atoms with Crippen LogP contribution in [-0.2, 0) is 26.7 Å². The van der Waals surface area contributed by atoms with Gasteiger partial charge in [0, 0.05) is 56.4 Å². The molecule has 3 aromatic rings. The normalized spacial score (nSPS) is 15.0. The van der Waals surface area contributed by atoms with E-state index in [0.29, 0.717) is 0 Å². The van der Waals surface area contributed by atoms with Crippen LogP contribution in [0.1, 0.15) is 11.4 Å². The van der Waals surface area contributed by atoms with Gasteiger partial charge in [0.05, 0.1) is 24.6 Å². The largest absolute Gasteiger partial charge is 0.326 e. The van der Waals surface area contributed by atoms with Gasteiger partial charge in [-0.2, -0.15) is 5.10 Å². The summed E-state index contributed by atoms with van der Waals surface area (Å²) in [6.45, 7) is 3.77. The Labute approximate surface area is 129 Å². The Morgan fingerprint density at radius 3 is 2.91 bits per heavy atom. The molecule has 1 aliphatic heterocycles. The summed E-state index contributed by atoms with van der Waals surface area (Å²) < 4.78 is 4.15. The van der Waals surface area contributed by atoms with Crippen molar-refractivity contribution in [3.63, 3.8) is 0 Å². The van der Waals surface area contributed by atoms with Crippen LogP contribution >= 0.6 is 0 Å². The summed E-state index contributed by atoms with van der Waals surface area (Å²) in [6, 6.07) is 4.05. The van der Waals surface area contributed by atoms with Gasteiger partial charge in [-0.3, -0.25) is 14.6 Å². The molecule has 4 rings (SSSR count). The molecule has 0 fully saturated rings. The van der Waals surface area contributed by atoms with Gasteiger partial charge in [-0.1, -0.05) is 0 Å². The van der Waals surface area contributed by atoms with E-state index in [1.807, 2.05) is 36.4 Å². The van der Waals surface area contributed by atoms with Gasteiger partial charge >= 0.3 is 0 Å². The van der Waals surface area contributed by atoms with Crippen molar-refractivity contribution >= 4 is 0 Å². The minimum Gasteiger partial charge on any atom is -0.326 e. The molecule has 0 saturated carbocycles. The fraction of sp³-hybridized carbons (Fsp3) is 0.312. The maximum Gasteiger partial charge on any atom is 0.123 e. The van der Waals surface area contributed by atoms with E-state index in [2.05, 4.69) is 36.8 Å². The van der Waals surface area contributed by atoms with Crippen molar-refractivity contribution in [1.29, 1.82) is 0 Å². The fourth-order valence-electron chi connectivity index (χ4n) is 3.00. The molecule has 0 aromatic carbocycles. The molecule has 3 aromatic heterocycles. The van der Waals surface area contributed by atoms with E-state index in [-0.39, 0.29) is 0 Å². The highest BCUT2D eigenvalue weighted by Gasteiger charge is 2.20. The Balaban J connectivity index is 1.54. The molecule has 0 radical (unpaired) electrons. The molecule has 6 nitrogen and oxygen atoms in total. The zero-order valence-electron chi connectivity index (χ0n) is 12.6. The van der Waals surface area contributed by atoms with E-state index in [9.17, 15) is 0 Å². The van der Waals surface area contributed by atoms with Crippen LogP contribution < -0.4 is 0 Å². The minimum absolute atomic E-state index is 0.870. The van der Waals surface area contributed by atoms with Gasteiger partial charge in [-0.05, 0) is 12.1 Å². The second-order valence-electron chi connectivity index (χ2n) is 5.69. The van der Waals surface area contributed by atoms with Gasteiger partial charge in [0.2, 0.25) is 0 Å². The van der Waals surface area contributed by atoms with Crippen LogP contribution in [0.5, 0.6) is 0 Å². The second-order valence-corrected chi connectivity index (χ2v) is 5.69. The van der Waals surface area contributed by atoms with Gasteiger partial charge in [0.1, 0.15) is 5.82 Å². The molecule has 6 heteroatoms. The first-order chi connectivity index (χ1) is 10.8. The third-order valence-electron chi connectivity index (χ3n) is 4.06. The third kappa shape index (κ3) is 2.42. The number of pyridine rings is 1. The Hall–Kier alpha value is -2.47. The van der Waals surface area contributed by atoms with Crippen molar-refractivity contribution in [1.82, 2.24) is 29.2 Å². The predicted octanol–water partition coefficient (Wildman–Crippen LogP) is 1.69. The van der Waals surface area contributed by atoms with Crippen molar-refractivity contribution in [2.75, 3.05) is 6.54 Å². The lowest BCUT2D eigenvalue weighted by molar-refractivity contribution is 0.209. The van der Waals surface area contributed by atoms with E-state index >= 15 is 0 Å². The number of nitrogens with zero attached hydrogens (tertiary/aromatic N) is 6. The van der Waals surface area contributed by atoms with Crippen LogP contribution in [0.15, 0.2) is 43.1 Å². The Bertz CT molecular complexity index is 773. The Morgan fingerprint density at radius 1 is 1.18 bits per heavy atom. The summed E-state index contributed by atoms with van der Waals surface area (Å²) >= 11 is 0. The van der Waals surface area contributed by atoms with E-state index in [4.69, 9.17) is 0 Å². The average molecular weight is 294 g/mol. The van der Waals surface area contributed by atoms with E-state index in [0.717, 1.165) is 43.3 Å². The van der Waals surface area contributed by atoms with Crippen molar-refractivity contribution in [2.24, 2.45) is 7.05 Å². The molecule has 22 heavy (non-hydrogen) atoms. The lowest BCUT2D eigenvalue weighted by atomic mass is 10.2. The molecule has 0 bridgehead atoms. The van der Waals surface area contributed by atoms with Crippen LogP contribution in [0.2, 0.25) is 0 Å². The summed E-state index contributed by atoms with van der Waals surface area (Å²) in [5, 5.41) is 4.23. The maximum atomic E-state index is 4.60. The van der Waals surface area contributed by atoms with Crippen LogP contribution in [0.25, 0.3) is 11.3 Å². The minimum atomic E-state index is 0.870. The molecular weight excluding hydrogens is 276 g/mol. The zero-order valence-corrected chi connectivity index (χ0v) is 12.6. The number of hydrogen-bond acceptors (Lipinski definition) is 4. The molecule has 0 aliphatic carbocycles. The van der Waals surface area contributed by atoms with Crippen molar-refractivity contribution in [2.45, 2.75) is 19.6 Å². The standard InChI is InChI=1S/C16H18N6/c1-20-10-13(7-19-20)11-21-5-6-22-15(9-18-16(22)12-21)14-3-2-4-17-8-14/h2-4,7-10H,5-6,11-12H2,1H3. The lowest BCUT2D eigenvalue weighted by Gasteiger charge is -2.28. The monoisotopic (exact) mass is 294 g/mol. The summed E-state index contributed by atoms with van der Waals surface area (Å²) in [6.07, 6.45) is 9.66. The molecule has 0 atom stereocenters. The summed E-state index contributed by atoms with van der Waals surface area (Å²) in [7, 11) is 1.95. The maximum absolute atomic E-state index is 4.60. The zero-order chi connectivity index (χ0) is 14.9.